The number of rotatable bonds is 2. The molecular formula is C18H16N2O3. The molecule has 5 heteroatoms. The van der Waals surface area contributed by atoms with Crippen molar-refractivity contribution in [2.75, 3.05) is 0 Å². The summed E-state index contributed by atoms with van der Waals surface area (Å²) in [5.41, 5.74) is 2.75. The van der Waals surface area contributed by atoms with Crippen LogP contribution < -0.4 is 4.74 Å². The molecule has 0 saturated heterocycles. The van der Waals surface area contributed by atoms with Gasteiger partial charge in [-0.15, -0.1) is 0 Å². The predicted molar refractivity (Wildman–Crippen MR) is 85.2 cm³/mol. The van der Waals surface area contributed by atoms with Crippen molar-refractivity contribution in [1.29, 1.82) is 10.5 Å². The van der Waals surface area contributed by atoms with Crippen LogP contribution in [0.3, 0.4) is 0 Å². The molecule has 116 valence electrons. The van der Waals surface area contributed by atoms with Crippen molar-refractivity contribution >= 4 is 5.97 Å². The number of carboxylic acid groups (broad SMARTS) is 1. The second-order valence-corrected chi connectivity index (χ2v) is 4.80. The van der Waals surface area contributed by atoms with Crippen LogP contribution in [0, 0.1) is 36.5 Å². The summed E-state index contributed by atoms with van der Waals surface area (Å²) in [5.74, 6) is 0.352. The minimum absolute atomic E-state index is 0.459. The van der Waals surface area contributed by atoms with Gasteiger partial charge in [-0.05, 0) is 43.7 Å². The zero-order valence-corrected chi connectivity index (χ0v) is 13.1. The standard InChI is InChI=1S/C16H12N2O.C2H4O2/c1-11-3-5-15(6-4-11)19-16-7-13(9-17)12(2)14(8-16)10-18;1-2(3)4/h3-8H,1-2H3;1H3,(H,3,4). The fourth-order valence-electron chi connectivity index (χ4n) is 1.72. The maximum absolute atomic E-state index is 9.05. The van der Waals surface area contributed by atoms with Crippen molar-refractivity contribution in [1.82, 2.24) is 0 Å². The first-order valence-electron chi connectivity index (χ1n) is 6.76. The predicted octanol–water partition coefficient (Wildman–Crippen LogP) is 3.93. The van der Waals surface area contributed by atoms with Crippen molar-refractivity contribution < 1.29 is 14.6 Å². The molecule has 0 fully saturated rings. The molecule has 23 heavy (non-hydrogen) atoms. The van der Waals surface area contributed by atoms with E-state index in [4.69, 9.17) is 25.2 Å². The van der Waals surface area contributed by atoms with Crippen molar-refractivity contribution in [2.45, 2.75) is 20.8 Å². The number of carbonyl (C=O) groups is 1. The van der Waals surface area contributed by atoms with Gasteiger partial charge in [0.2, 0.25) is 0 Å². The van der Waals surface area contributed by atoms with Crippen LogP contribution in [0.5, 0.6) is 11.5 Å². The van der Waals surface area contributed by atoms with E-state index in [-0.39, 0.29) is 0 Å². The molecule has 2 aromatic rings. The summed E-state index contributed by atoms with van der Waals surface area (Å²) < 4.78 is 5.67. The van der Waals surface area contributed by atoms with Gasteiger partial charge in [0.25, 0.3) is 5.97 Å². The molecule has 5 nitrogen and oxygen atoms in total. The largest absolute Gasteiger partial charge is 0.481 e. The van der Waals surface area contributed by atoms with Crippen molar-refractivity contribution in [3.8, 4) is 23.6 Å². The summed E-state index contributed by atoms with van der Waals surface area (Å²) in [5, 5.41) is 25.5. The van der Waals surface area contributed by atoms with Gasteiger partial charge in [-0.1, -0.05) is 17.7 Å². The minimum Gasteiger partial charge on any atom is -0.481 e. The molecule has 0 unspecified atom stereocenters. The first-order valence-corrected chi connectivity index (χ1v) is 6.76. The van der Waals surface area contributed by atoms with Crippen LogP contribution in [0.4, 0.5) is 0 Å². The second kappa shape index (κ2) is 8.21. The molecule has 0 aliphatic carbocycles. The third-order valence-electron chi connectivity index (χ3n) is 2.88. The summed E-state index contributed by atoms with van der Waals surface area (Å²) in [6.45, 7) is 4.84. The summed E-state index contributed by atoms with van der Waals surface area (Å²) >= 11 is 0. The van der Waals surface area contributed by atoms with Gasteiger partial charge in [-0.3, -0.25) is 4.79 Å². The van der Waals surface area contributed by atoms with Crippen molar-refractivity contribution in [3.05, 3.63) is 58.7 Å². The number of hydrogen-bond acceptors (Lipinski definition) is 4. The molecule has 0 amide bonds. The third kappa shape index (κ3) is 5.53. The van der Waals surface area contributed by atoms with Crippen LogP contribution in [0.2, 0.25) is 0 Å². The van der Waals surface area contributed by atoms with Crippen LogP contribution in [0.15, 0.2) is 36.4 Å². The van der Waals surface area contributed by atoms with Gasteiger partial charge in [-0.25, -0.2) is 0 Å². The van der Waals surface area contributed by atoms with E-state index in [0.717, 1.165) is 12.5 Å². The van der Waals surface area contributed by atoms with Crippen LogP contribution >= 0.6 is 0 Å². The van der Waals surface area contributed by atoms with Gasteiger partial charge < -0.3 is 9.84 Å². The number of nitriles is 2. The zero-order chi connectivity index (χ0) is 17.4. The molecule has 0 aromatic heterocycles. The van der Waals surface area contributed by atoms with E-state index in [0.29, 0.717) is 28.2 Å². The molecule has 0 saturated carbocycles. The Morgan fingerprint density at radius 2 is 1.43 bits per heavy atom. The summed E-state index contributed by atoms with van der Waals surface area (Å²) in [7, 11) is 0. The van der Waals surface area contributed by atoms with Crippen LogP contribution in [0.1, 0.15) is 29.2 Å². The maximum Gasteiger partial charge on any atom is 0.300 e. The second-order valence-electron chi connectivity index (χ2n) is 4.80. The smallest absolute Gasteiger partial charge is 0.300 e. The van der Waals surface area contributed by atoms with Gasteiger partial charge >= 0.3 is 0 Å². The Morgan fingerprint density at radius 3 is 1.83 bits per heavy atom. The lowest BCUT2D eigenvalue weighted by Crippen LogP contribution is -1.92. The normalized spacial score (nSPS) is 8.91. The molecule has 0 heterocycles. The third-order valence-corrected chi connectivity index (χ3v) is 2.88. The van der Waals surface area contributed by atoms with E-state index < -0.39 is 5.97 Å². The number of hydrogen-bond donors (Lipinski definition) is 1. The van der Waals surface area contributed by atoms with Crippen LogP contribution in [-0.4, -0.2) is 11.1 Å². The van der Waals surface area contributed by atoms with Gasteiger partial charge in [0.15, 0.2) is 0 Å². The quantitative estimate of drug-likeness (QED) is 0.907. The van der Waals surface area contributed by atoms with E-state index >= 15 is 0 Å². The Kier molecular flexibility index (Phi) is 6.33. The molecule has 2 aromatic carbocycles. The lowest BCUT2D eigenvalue weighted by Gasteiger charge is -2.08. The van der Waals surface area contributed by atoms with Crippen LogP contribution in [-0.2, 0) is 4.79 Å². The van der Waals surface area contributed by atoms with Crippen molar-refractivity contribution in [3.63, 3.8) is 0 Å². The molecule has 0 aliphatic heterocycles. The summed E-state index contributed by atoms with van der Waals surface area (Å²) in [4.78, 5) is 9.00. The molecule has 0 radical (unpaired) electrons. The first-order chi connectivity index (χ1) is 10.9. The van der Waals surface area contributed by atoms with Gasteiger partial charge in [-0.2, -0.15) is 10.5 Å². The highest BCUT2D eigenvalue weighted by molar-refractivity contribution is 5.63. The van der Waals surface area contributed by atoms with E-state index in [1.807, 2.05) is 31.2 Å². The Labute approximate surface area is 135 Å². The molecule has 0 bridgehead atoms. The number of aliphatic carboxylic acids is 1. The number of benzene rings is 2. The zero-order valence-electron chi connectivity index (χ0n) is 13.1. The topological polar surface area (TPSA) is 94.1 Å². The number of nitrogens with zero attached hydrogens (tertiary/aromatic N) is 2. The molecule has 0 aliphatic rings. The Morgan fingerprint density at radius 1 is 1.00 bits per heavy atom. The first kappa shape index (κ1) is 17.7. The molecule has 2 rings (SSSR count). The lowest BCUT2D eigenvalue weighted by atomic mass is 10.0. The maximum atomic E-state index is 9.05. The number of carboxylic acids is 1. The Hall–Kier alpha value is -3.31. The Bertz CT molecular complexity index is 742. The monoisotopic (exact) mass is 308 g/mol. The highest BCUT2D eigenvalue weighted by atomic mass is 16.5. The highest BCUT2D eigenvalue weighted by Crippen LogP contribution is 2.26. The van der Waals surface area contributed by atoms with Crippen molar-refractivity contribution in [2.24, 2.45) is 0 Å². The SMILES string of the molecule is CC(=O)O.Cc1ccc(Oc2cc(C#N)c(C)c(C#N)c2)cc1. The highest BCUT2D eigenvalue weighted by Gasteiger charge is 2.08. The van der Waals surface area contributed by atoms with Gasteiger partial charge in [0.05, 0.1) is 23.3 Å². The van der Waals surface area contributed by atoms with E-state index in [1.54, 1.807) is 19.1 Å². The molecule has 0 spiro atoms. The van der Waals surface area contributed by atoms with E-state index in [1.165, 1.54) is 0 Å². The summed E-state index contributed by atoms with van der Waals surface area (Å²) in [6, 6.07) is 15.0. The van der Waals surface area contributed by atoms with Gasteiger partial charge in [0, 0.05) is 6.92 Å². The fourth-order valence-corrected chi connectivity index (χ4v) is 1.72. The average molecular weight is 308 g/mol. The van der Waals surface area contributed by atoms with Gasteiger partial charge in [0.1, 0.15) is 11.5 Å². The fraction of sp³-hybridized carbons (Fsp3) is 0.167. The molecule has 0 atom stereocenters. The van der Waals surface area contributed by atoms with E-state index in [2.05, 4.69) is 12.1 Å². The van der Waals surface area contributed by atoms with Crippen LogP contribution in [0.25, 0.3) is 0 Å². The minimum atomic E-state index is -0.833. The average Bonchev–Trinajstić information content (AvgIpc) is 2.50. The van der Waals surface area contributed by atoms with E-state index in [9.17, 15) is 0 Å². The molecule has 1 N–H and O–H groups in total. The number of ether oxygens (including phenoxy) is 1. The molecular weight excluding hydrogens is 292 g/mol. The Balaban J connectivity index is 0.000000593. The number of aryl methyl sites for hydroxylation is 1. The lowest BCUT2D eigenvalue weighted by molar-refractivity contribution is -0.134. The summed E-state index contributed by atoms with van der Waals surface area (Å²) in [6.07, 6.45) is 0.